The summed E-state index contributed by atoms with van der Waals surface area (Å²) in [5, 5.41) is 0. The van der Waals surface area contributed by atoms with Gasteiger partial charge in [-0.25, -0.2) is 0 Å². The van der Waals surface area contributed by atoms with Gasteiger partial charge in [-0.3, -0.25) is 9.59 Å². The molecule has 130 valence electrons. The number of nitrogens with zero attached hydrogens (tertiary/aromatic N) is 2. The van der Waals surface area contributed by atoms with Crippen LogP contribution in [-0.2, 0) is 4.79 Å². The lowest BCUT2D eigenvalue weighted by Gasteiger charge is -2.44. The van der Waals surface area contributed by atoms with Gasteiger partial charge in [0, 0.05) is 31.0 Å². The first kappa shape index (κ1) is 17.9. The van der Waals surface area contributed by atoms with Crippen LogP contribution in [-0.4, -0.2) is 56.7 Å². The Hall–Kier alpha value is -0.910. The topological polar surface area (TPSA) is 40.6 Å². The highest BCUT2D eigenvalue weighted by Gasteiger charge is 2.47. The SMILES string of the molecule is Cc1cccc(C(=O)N2CCSC23CCN(C(=O)C(Cl)Cl)CC3)c1. The van der Waals surface area contributed by atoms with Crippen LogP contribution in [0.3, 0.4) is 0 Å². The van der Waals surface area contributed by atoms with Crippen LogP contribution < -0.4 is 0 Å². The van der Waals surface area contributed by atoms with E-state index in [-0.39, 0.29) is 16.7 Å². The number of carbonyl (C=O) groups excluding carboxylic acids is 2. The number of amides is 2. The minimum absolute atomic E-state index is 0.0797. The molecule has 2 saturated heterocycles. The maximum atomic E-state index is 13.0. The van der Waals surface area contributed by atoms with E-state index in [0.717, 1.165) is 36.3 Å². The molecule has 24 heavy (non-hydrogen) atoms. The van der Waals surface area contributed by atoms with Crippen LogP contribution in [0.4, 0.5) is 0 Å². The molecule has 0 N–H and O–H groups in total. The molecule has 2 fully saturated rings. The van der Waals surface area contributed by atoms with Gasteiger partial charge >= 0.3 is 0 Å². The van der Waals surface area contributed by atoms with Crippen molar-refractivity contribution in [2.45, 2.75) is 29.5 Å². The second-order valence-corrected chi connectivity index (χ2v) is 8.80. The molecular weight excluding hydrogens is 367 g/mol. The number of aryl methyl sites for hydroxylation is 1. The summed E-state index contributed by atoms with van der Waals surface area (Å²) in [4.78, 5) is 27.4. The number of rotatable bonds is 2. The van der Waals surface area contributed by atoms with Crippen molar-refractivity contribution in [3.63, 3.8) is 0 Å². The molecule has 0 bridgehead atoms. The lowest BCUT2D eigenvalue weighted by atomic mass is 10.0. The van der Waals surface area contributed by atoms with Crippen molar-refractivity contribution in [3.8, 4) is 0 Å². The van der Waals surface area contributed by atoms with Crippen LogP contribution in [0.2, 0.25) is 0 Å². The zero-order chi connectivity index (χ0) is 17.3. The Morgan fingerprint density at radius 1 is 1.21 bits per heavy atom. The molecular formula is C17H20Cl2N2O2S. The van der Waals surface area contributed by atoms with Crippen molar-refractivity contribution in [2.24, 2.45) is 0 Å². The fraction of sp³-hybridized carbons (Fsp3) is 0.529. The number of alkyl halides is 2. The van der Waals surface area contributed by atoms with Crippen LogP contribution in [0.5, 0.6) is 0 Å². The predicted octanol–water partition coefficient (Wildman–Crippen LogP) is 3.31. The monoisotopic (exact) mass is 386 g/mol. The Balaban J connectivity index is 1.74. The van der Waals surface area contributed by atoms with Crippen LogP contribution in [0.1, 0.15) is 28.8 Å². The standard InChI is InChI=1S/C17H20Cl2N2O2S/c1-12-3-2-4-13(11-12)15(22)21-9-10-24-17(21)5-7-20(8-6-17)16(23)14(18)19/h2-4,11,14H,5-10H2,1H3. The van der Waals surface area contributed by atoms with Gasteiger partial charge in [-0.05, 0) is 31.9 Å². The van der Waals surface area contributed by atoms with Gasteiger partial charge in [-0.15, -0.1) is 11.8 Å². The summed E-state index contributed by atoms with van der Waals surface area (Å²) in [6.07, 6.45) is 1.50. The second kappa shape index (κ2) is 7.14. The van der Waals surface area contributed by atoms with Crippen molar-refractivity contribution < 1.29 is 9.59 Å². The molecule has 4 nitrogen and oxygen atoms in total. The highest BCUT2D eigenvalue weighted by molar-refractivity contribution is 8.00. The highest BCUT2D eigenvalue weighted by atomic mass is 35.5. The van der Waals surface area contributed by atoms with Gasteiger partial charge in [-0.1, -0.05) is 40.9 Å². The van der Waals surface area contributed by atoms with Crippen molar-refractivity contribution in [1.82, 2.24) is 9.80 Å². The average molecular weight is 387 g/mol. The second-order valence-electron chi connectivity index (χ2n) is 6.25. The number of halogens is 2. The molecule has 2 aliphatic rings. The molecule has 0 saturated carbocycles. The fourth-order valence-corrected chi connectivity index (χ4v) is 5.19. The van der Waals surface area contributed by atoms with E-state index in [1.807, 2.05) is 47.9 Å². The van der Waals surface area contributed by atoms with E-state index in [4.69, 9.17) is 23.2 Å². The molecule has 3 rings (SSSR count). The summed E-state index contributed by atoms with van der Waals surface area (Å²) >= 11 is 13.2. The van der Waals surface area contributed by atoms with Crippen molar-refractivity contribution in [1.29, 1.82) is 0 Å². The summed E-state index contributed by atoms with van der Waals surface area (Å²) in [5.41, 5.74) is 1.81. The smallest absolute Gasteiger partial charge is 0.255 e. The van der Waals surface area contributed by atoms with E-state index in [1.165, 1.54) is 0 Å². The molecule has 2 aliphatic heterocycles. The molecule has 1 aromatic rings. The van der Waals surface area contributed by atoms with E-state index in [1.54, 1.807) is 4.90 Å². The maximum Gasteiger partial charge on any atom is 0.255 e. The van der Waals surface area contributed by atoms with Crippen molar-refractivity contribution >= 4 is 46.8 Å². The third-order valence-corrected chi connectivity index (χ3v) is 6.66. The number of piperidine rings is 1. The van der Waals surface area contributed by atoms with Crippen LogP contribution in [0.25, 0.3) is 0 Å². The first-order valence-electron chi connectivity index (χ1n) is 8.02. The average Bonchev–Trinajstić information content (AvgIpc) is 2.97. The molecule has 0 aliphatic carbocycles. The predicted molar refractivity (Wildman–Crippen MR) is 98.7 cm³/mol. The Morgan fingerprint density at radius 3 is 2.54 bits per heavy atom. The molecule has 0 atom stereocenters. The molecule has 0 radical (unpaired) electrons. The van der Waals surface area contributed by atoms with E-state index < -0.39 is 4.84 Å². The number of hydrogen-bond donors (Lipinski definition) is 0. The Bertz CT molecular complexity index is 645. The van der Waals surface area contributed by atoms with Gasteiger partial charge in [0.2, 0.25) is 0 Å². The van der Waals surface area contributed by atoms with Crippen molar-refractivity contribution in [3.05, 3.63) is 35.4 Å². The van der Waals surface area contributed by atoms with E-state index in [2.05, 4.69) is 0 Å². The first-order valence-corrected chi connectivity index (χ1v) is 9.88. The van der Waals surface area contributed by atoms with Crippen LogP contribution >= 0.6 is 35.0 Å². The fourth-order valence-electron chi connectivity index (χ4n) is 3.46. The normalized spacial score (nSPS) is 20.0. The first-order chi connectivity index (χ1) is 11.4. The maximum absolute atomic E-state index is 13.0. The molecule has 2 amide bonds. The van der Waals surface area contributed by atoms with Gasteiger partial charge in [0.25, 0.3) is 11.8 Å². The summed E-state index contributed by atoms with van der Waals surface area (Å²) in [7, 11) is 0. The number of carbonyl (C=O) groups is 2. The number of hydrogen-bond acceptors (Lipinski definition) is 3. The van der Waals surface area contributed by atoms with Crippen LogP contribution in [0.15, 0.2) is 24.3 Å². The van der Waals surface area contributed by atoms with Crippen LogP contribution in [0, 0.1) is 6.92 Å². The summed E-state index contributed by atoms with van der Waals surface area (Å²) in [5.74, 6) is 0.767. The number of benzene rings is 1. The van der Waals surface area contributed by atoms with E-state index in [0.29, 0.717) is 13.1 Å². The zero-order valence-electron chi connectivity index (χ0n) is 13.5. The molecule has 2 heterocycles. The lowest BCUT2D eigenvalue weighted by molar-refractivity contribution is -0.130. The Morgan fingerprint density at radius 2 is 1.92 bits per heavy atom. The van der Waals surface area contributed by atoms with E-state index >= 15 is 0 Å². The molecule has 7 heteroatoms. The summed E-state index contributed by atoms with van der Waals surface area (Å²) in [6, 6.07) is 7.71. The molecule has 0 unspecified atom stereocenters. The van der Waals surface area contributed by atoms with Gasteiger partial charge in [0.05, 0.1) is 4.87 Å². The minimum Gasteiger partial charge on any atom is -0.340 e. The third-order valence-electron chi connectivity index (χ3n) is 4.73. The quantitative estimate of drug-likeness (QED) is 0.732. The van der Waals surface area contributed by atoms with Gasteiger partial charge in [0.15, 0.2) is 4.84 Å². The van der Waals surface area contributed by atoms with Gasteiger partial charge in [-0.2, -0.15) is 0 Å². The molecule has 0 aromatic heterocycles. The summed E-state index contributed by atoms with van der Waals surface area (Å²) in [6.45, 7) is 3.90. The number of likely N-dealkylation sites (tertiary alicyclic amines) is 1. The Labute approximate surface area is 156 Å². The number of thioether (sulfide) groups is 1. The van der Waals surface area contributed by atoms with Gasteiger partial charge < -0.3 is 9.80 Å². The Kier molecular flexibility index (Phi) is 5.33. The summed E-state index contributed by atoms with van der Waals surface area (Å²) < 4.78 is 0. The highest BCUT2D eigenvalue weighted by Crippen LogP contribution is 2.44. The largest absolute Gasteiger partial charge is 0.340 e. The molecule has 1 aromatic carbocycles. The lowest BCUT2D eigenvalue weighted by Crippen LogP contribution is -2.54. The molecule has 1 spiro atoms. The third kappa shape index (κ3) is 3.39. The van der Waals surface area contributed by atoms with E-state index in [9.17, 15) is 9.59 Å². The van der Waals surface area contributed by atoms with Gasteiger partial charge in [0.1, 0.15) is 0 Å². The van der Waals surface area contributed by atoms with Crippen molar-refractivity contribution in [2.75, 3.05) is 25.4 Å². The minimum atomic E-state index is -1.01. The zero-order valence-corrected chi connectivity index (χ0v) is 15.8.